The standard InChI is InChI=1S/C19H20N2O3/c1-2-23-17-9-8-15(16-11-19(22)21-20-12-16)10-18(17)24-13-14-6-4-3-5-7-14/h3-10,12,16H,2,11,13H2,1H3,(H,21,22). The topological polar surface area (TPSA) is 59.9 Å². The number of carbonyl (C=O) groups excluding carboxylic acids is 1. The van der Waals surface area contributed by atoms with Crippen LogP contribution in [0.15, 0.2) is 53.6 Å². The summed E-state index contributed by atoms with van der Waals surface area (Å²) < 4.78 is 11.6. The Labute approximate surface area is 141 Å². The summed E-state index contributed by atoms with van der Waals surface area (Å²) in [7, 11) is 0. The fraction of sp³-hybridized carbons (Fsp3) is 0.263. The Balaban J connectivity index is 1.81. The van der Waals surface area contributed by atoms with Crippen molar-refractivity contribution in [3.63, 3.8) is 0 Å². The number of rotatable bonds is 6. The largest absolute Gasteiger partial charge is 0.490 e. The molecule has 0 fully saturated rings. The van der Waals surface area contributed by atoms with Gasteiger partial charge >= 0.3 is 0 Å². The third-order valence-electron chi connectivity index (χ3n) is 3.78. The maximum atomic E-state index is 11.5. The van der Waals surface area contributed by atoms with Gasteiger partial charge in [-0.25, -0.2) is 5.43 Å². The number of nitrogens with zero attached hydrogens (tertiary/aromatic N) is 1. The first-order valence-electron chi connectivity index (χ1n) is 8.01. The van der Waals surface area contributed by atoms with Gasteiger partial charge in [0.25, 0.3) is 0 Å². The van der Waals surface area contributed by atoms with Crippen molar-refractivity contribution in [3.8, 4) is 11.5 Å². The Hall–Kier alpha value is -2.82. The molecule has 0 aromatic heterocycles. The molecule has 24 heavy (non-hydrogen) atoms. The van der Waals surface area contributed by atoms with Gasteiger partial charge in [0.15, 0.2) is 11.5 Å². The van der Waals surface area contributed by atoms with E-state index in [1.165, 1.54) is 0 Å². The fourth-order valence-electron chi connectivity index (χ4n) is 2.58. The molecule has 1 atom stereocenters. The fourth-order valence-corrected chi connectivity index (χ4v) is 2.58. The van der Waals surface area contributed by atoms with Gasteiger partial charge in [-0.05, 0) is 30.2 Å². The Bertz CT molecular complexity index is 729. The van der Waals surface area contributed by atoms with Crippen molar-refractivity contribution in [2.24, 2.45) is 5.10 Å². The third-order valence-corrected chi connectivity index (χ3v) is 3.78. The highest BCUT2D eigenvalue weighted by Gasteiger charge is 2.19. The maximum Gasteiger partial charge on any atom is 0.241 e. The van der Waals surface area contributed by atoms with Gasteiger partial charge in [-0.3, -0.25) is 4.79 Å². The van der Waals surface area contributed by atoms with Crippen molar-refractivity contribution in [3.05, 3.63) is 59.7 Å². The molecule has 2 aromatic carbocycles. The Morgan fingerprint density at radius 2 is 1.96 bits per heavy atom. The van der Waals surface area contributed by atoms with Crippen LogP contribution in [0.5, 0.6) is 11.5 Å². The van der Waals surface area contributed by atoms with Crippen LogP contribution in [-0.2, 0) is 11.4 Å². The summed E-state index contributed by atoms with van der Waals surface area (Å²) in [6.07, 6.45) is 2.13. The zero-order chi connectivity index (χ0) is 16.8. The second-order valence-corrected chi connectivity index (χ2v) is 5.54. The van der Waals surface area contributed by atoms with E-state index in [9.17, 15) is 4.79 Å². The lowest BCUT2D eigenvalue weighted by atomic mass is 9.95. The quantitative estimate of drug-likeness (QED) is 0.887. The van der Waals surface area contributed by atoms with Gasteiger partial charge < -0.3 is 9.47 Å². The summed E-state index contributed by atoms with van der Waals surface area (Å²) in [5.74, 6) is 1.25. The van der Waals surface area contributed by atoms with E-state index in [-0.39, 0.29) is 11.8 Å². The summed E-state index contributed by atoms with van der Waals surface area (Å²) >= 11 is 0. The van der Waals surface area contributed by atoms with Crippen LogP contribution >= 0.6 is 0 Å². The lowest BCUT2D eigenvalue weighted by Gasteiger charge is -2.18. The molecular formula is C19H20N2O3. The van der Waals surface area contributed by atoms with Crippen LogP contribution in [0.25, 0.3) is 0 Å². The van der Waals surface area contributed by atoms with E-state index in [4.69, 9.17) is 9.47 Å². The average molecular weight is 324 g/mol. The van der Waals surface area contributed by atoms with Crippen LogP contribution in [0.3, 0.4) is 0 Å². The van der Waals surface area contributed by atoms with E-state index in [2.05, 4.69) is 10.5 Å². The number of hydrogen-bond acceptors (Lipinski definition) is 4. The number of hydrazone groups is 1. The zero-order valence-electron chi connectivity index (χ0n) is 13.6. The van der Waals surface area contributed by atoms with Crippen molar-refractivity contribution in [1.82, 2.24) is 5.43 Å². The van der Waals surface area contributed by atoms with Gasteiger partial charge in [0.05, 0.1) is 6.61 Å². The molecule has 0 aliphatic carbocycles. The van der Waals surface area contributed by atoms with Gasteiger partial charge in [0.2, 0.25) is 5.91 Å². The SMILES string of the molecule is CCOc1ccc(C2C=NNC(=O)C2)cc1OCc1ccccc1. The summed E-state index contributed by atoms with van der Waals surface area (Å²) in [6, 6.07) is 15.7. The first-order chi connectivity index (χ1) is 11.8. The Morgan fingerprint density at radius 3 is 2.71 bits per heavy atom. The zero-order valence-corrected chi connectivity index (χ0v) is 13.6. The van der Waals surface area contributed by atoms with Crippen molar-refractivity contribution in [2.75, 3.05) is 6.61 Å². The highest BCUT2D eigenvalue weighted by Crippen LogP contribution is 2.33. The molecule has 1 heterocycles. The van der Waals surface area contributed by atoms with Crippen LogP contribution in [0.2, 0.25) is 0 Å². The monoisotopic (exact) mass is 324 g/mol. The van der Waals surface area contributed by atoms with E-state index in [0.29, 0.717) is 31.1 Å². The third kappa shape index (κ3) is 3.93. The minimum absolute atomic E-state index is 0.0477. The molecule has 1 amide bonds. The first-order valence-corrected chi connectivity index (χ1v) is 8.01. The minimum Gasteiger partial charge on any atom is -0.490 e. The van der Waals surface area contributed by atoms with Gasteiger partial charge in [0, 0.05) is 18.6 Å². The number of nitrogens with one attached hydrogen (secondary N) is 1. The number of hydrogen-bond donors (Lipinski definition) is 1. The molecule has 0 spiro atoms. The number of carbonyl (C=O) groups is 1. The van der Waals surface area contributed by atoms with E-state index >= 15 is 0 Å². The molecule has 0 radical (unpaired) electrons. The van der Waals surface area contributed by atoms with Gasteiger partial charge in [-0.15, -0.1) is 0 Å². The van der Waals surface area contributed by atoms with Crippen LogP contribution < -0.4 is 14.9 Å². The van der Waals surface area contributed by atoms with E-state index in [0.717, 1.165) is 11.1 Å². The van der Waals surface area contributed by atoms with Gasteiger partial charge in [-0.1, -0.05) is 36.4 Å². The summed E-state index contributed by atoms with van der Waals surface area (Å²) in [5.41, 5.74) is 4.52. The van der Waals surface area contributed by atoms with Crippen LogP contribution in [0.1, 0.15) is 30.4 Å². The molecule has 124 valence electrons. The molecule has 1 N–H and O–H groups in total. The highest BCUT2D eigenvalue weighted by atomic mass is 16.5. The normalized spacial score (nSPS) is 16.5. The maximum absolute atomic E-state index is 11.5. The van der Waals surface area contributed by atoms with Gasteiger partial charge in [-0.2, -0.15) is 5.10 Å². The van der Waals surface area contributed by atoms with E-state index < -0.39 is 0 Å². The smallest absolute Gasteiger partial charge is 0.241 e. The Morgan fingerprint density at radius 1 is 1.12 bits per heavy atom. The van der Waals surface area contributed by atoms with E-state index in [1.54, 1.807) is 6.21 Å². The first kappa shape index (κ1) is 16.1. The summed E-state index contributed by atoms with van der Waals surface area (Å²) in [6.45, 7) is 2.96. The molecule has 3 rings (SSSR count). The highest BCUT2D eigenvalue weighted by molar-refractivity contribution is 5.86. The second-order valence-electron chi connectivity index (χ2n) is 5.54. The molecule has 0 saturated carbocycles. The van der Waals surface area contributed by atoms with Gasteiger partial charge in [0.1, 0.15) is 6.61 Å². The molecule has 0 saturated heterocycles. The average Bonchev–Trinajstić information content (AvgIpc) is 2.62. The number of benzene rings is 2. The van der Waals surface area contributed by atoms with Crippen molar-refractivity contribution >= 4 is 12.1 Å². The lowest BCUT2D eigenvalue weighted by molar-refractivity contribution is -0.121. The predicted molar refractivity (Wildman–Crippen MR) is 92.4 cm³/mol. The van der Waals surface area contributed by atoms with Crippen LogP contribution in [0.4, 0.5) is 0 Å². The molecular weight excluding hydrogens is 304 g/mol. The number of ether oxygens (including phenoxy) is 2. The molecule has 0 bridgehead atoms. The van der Waals surface area contributed by atoms with Crippen molar-refractivity contribution in [1.29, 1.82) is 0 Å². The molecule has 1 aliphatic heterocycles. The molecule has 1 unspecified atom stereocenters. The van der Waals surface area contributed by atoms with E-state index in [1.807, 2.05) is 55.5 Å². The molecule has 1 aliphatic rings. The molecule has 5 heteroatoms. The van der Waals surface area contributed by atoms with Crippen LogP contribution in [0, 0.1) is 0 Å². The lowest BCUT2D eigenvalue weighted by Crippen LogP contribution is -2.26. The summed E-state index contributed by atoms with van der Waals surface area (Å²) in [4.78, 5) is 11.5. The Kier molecular flexibility index (Phi) is 5.11. The molecule has 2 aromatic rings. The van der Waals surface area contributed by atoms with Crippen molar-refractivity contribution in [2.45, 2.75) is 25.9 Å². The summed E-state index contributed by atoms with van der Waals surface area (Å²) in [5, 5.41) is 3.90. The molecule has 5 nitrogen and oxygen atoms in total. The van der Waals surface area contributed by atoms with Crippen molar-refractivity contribution < 1.29 is 14.3 Å². The predicted octanol–water partition coefficient (Wildman–Crippen LogP) is 3.25. The van der Waals surface area contributed by atoms with Crippen LogP contribution in [-0.4, -0.2) is 18.7 Å². The second kappa shape index (κ2) is 7.64. The number of amides is 1. The minimum atomic E-state index is -0.0804.